The number of aromatic nitrogens is 2. The van der Waals surface area contributed by atoms with Crippen LogP contribution in [0.3, 0.4) is 0 Å². The third kappa shape index (κ3) is 4.43. The van der Waals surface area contributed by atoms with Crippen LogP contribution in [-0.4, -0.2) is 27.5 Å². The number of aryl methyl sites for hydroxylation is 3. The molecule has 0 spiro atoms. The molecule has 0 aliphatic rings. The molecule has 1 amide bonds. The zero-order chi connectivity index (χ0) is 22.0. The SMILES string of the molecule is CC[C@H](C)OC(=O)Cn1cnc2sc(C(=O)Nc3ccc(C)cc3C)c(C)c2c1=O. The lowest BCUT2D eigenvalue weighted by Gasteiger charge is -2.11. The van der Waals surface area contributed by atoms with E-state index in [1.54, 1.807) is 13.8 Å². The van der Waals surface area contributed by atoms with E-state index in [0.717, 1.165) is 28.2 Å². The Morgan fingerprint density at radius 2 is 2.00 bits per heavy atom. The summed E-state index contributed by atoms with van der Waals surface area (Å²) in [5, 5.41) is 3.26. The average molecular weight is 428 g/mol. The molecule has 158 valence electrons. The third-order valence-corrected chi connectivity index (χ3v) is 6.16. The fourth-order valence-electron chi connectivity index (χ4n) is 3.11. The normalized spacial score (nSPS) is 12.0. The van der Waals surface area contributed by atoms with Crippen LogP contribution >= 0.6 is 11.3 Å². The van der Waals surface area contributed by atoms with Crippen LogP contribution in [0.5, 0.6) is 0 Å². The number of nitrogens with one attached hydrogen (secondary N) is 1. The Kier molecular flexibility index (Phi) is 6.36. The number of carbonyl (C=O) groups excluding carboxylic acids is 2. The van der Waals surface area contributed by atoms with Gasteiger partial charge in [-0.3, -0.25) is 19.0 Å². The van der Waals surface area contributed by atoms with E-state index in [0.29, 0.717) is 27.1 Å². The zero-order valence-electron chi connectivity index (χ0n) is 17.7. The predicted octanol–water partition coefficient (Wildman–Crippen LogP) is 3.98. The number of benzene rings is 1. The minimum Gasteiger partial charge on any atom is -0.461 e. The molecule has 0 bridgehead atoms. The van der Waals surface area contributed by atoms with E-state index in [9.17, 15) is 14.4 Å². The number of nitrogens with zero attached hydrogens (tertiary/aromatic N) is 2. The van der Waals surface area contributed by atoms with Gasteiger partial charge in [0.05, 0.1) is 22.7 Å². The van der Waals surface area contributed by atoms with Crippen molar-refractivity contribution in [1.82, 2.24) is 9.55 Å². The lowest BCUT2D eigenvalue weighted by molar-refractivity contribution is -0.149. The maximum absolute atomic E-state index is 12.9. The summed E-state index contributed by atoms with van der Waals surface area (Å²) in [6, 6.07) is 5.78. The van der Waals surface area contributed by atoms with Crippen LogP contribution in [0.25, 0.3) is 10.2 Å². The summed E-state index contributed by atoms with van der Waals surface area (Å²) in [7, 11) is 0. The van der Waals surface area contributed by atoms with Gasteiger partial charge in [0.25, 0.3) is 11.5 Å². The number of thiophene rings is 1. The number of carbonyl (C=O) groups is 2. The number of anilines is 1. The second kappa shape index (κ2) is 8.79. The van der Waals surface area contributed by atoms with E-state index >= 15 is 0 Å². The zero-order valence-corrected chi connectivity index (χ0v) is 18.6. The molecule has 2 heterocycles. The molecular weight excluding hydrogens is 402 g/mol. The highest BCUT2D eigenvalue weighted by molar-refractivity contribution is 7.20. The molecule has 1 N–H and O–H groups in total. The minimum atomic E-state index is -0.492. The molecule has 1 atom stereocenters. The van der Waals surface area contributed by atoms with E-state index in [4.69, 9.17) is 4.74 Å². The second-order valence-electron chi connectivity index (χ2n) is 7.40. The molecule has 0 unspecified atom stereocenters. The molecule has 0 radical (unpaired) electrons. The molecule has 2 aromatic heterocycles. The Hall–Kier alpha value is -3.00. The molecule has 1 aromatic carbocycles. The fraction of sp³-hybridized carbons (Fsp3) is 0.364. The maximum Gasteiger partial charge on any atom is 0.326 e. The van der Waals surface area contributed by atoms with Gasteiger partial charge in [-0.2, -0.15) is 0 Å². The summed E-state index contributed by atoms with van der Waals surface area (Å²) in [6.07, 6.45) is 1.80. The Morgan fingerprint density at radius 1 is 1.27 bits per heavy atom. The average Bonchev–Trinajstić information content (AvgIpc) is 3.03. The summed E-state index contributed by atoms with van der Waals surface area (Å²) in [6.45, 7) is 9.14. The van der Waals surface area contributed by atoms with Crippen molar-refractivity contribution in [2.45, 2.75) is 53.7 Å². The lowest BCUT2D eigenvalue weighted by atomic mass is 10.1. The molecule has 0 saturated heterocycles. The summed E-state index contributed by atoms with van der Waals surface area (Å²) >= 11 is 1.16. The van der Waals surface area contributed by atoms with Gasteiger partial charge in [-0.25, -0.2) is 4.98 Å². The van der Waals surface area contributed by atoms with Gasteiger partial charge in [-0.1, -0.05) is 24.6 Å². The van der Waals surface area contributed by atoms with Gasteiger partial charge >= 0.3 is 5.97 Å². The smallest absolute Gasteiger partial charge is 0.326 e. The Bertz CT molecular complexity index is 1180. The molecule has 0 aliphatic carbocycles. The van der Waals surface area contributed by atoms with Gasteiger partial charge in [0.1, 0.15) is 11.4 Å². The van der Waals surface area contributed by atoms with Crippen LogP contribution < -0.4 is 10.9 Å². The summed E-state index contributed by atoms with van der Waals surface area (Å²) in [4.78, 5) is 43.0. The molecular formula is C22H25N3O4S. The van der Waals surface area contributed by atoms with Crippen LogP contribution in [0.4, 0.5) is 5.69 Å². The van der Waals surface area contributed by atoms with E-state index in [1.807, 2.05) is 39.0 Å². The fourth-order valence-corrected chi connectivity index (χ4v) is 4.14. The van der Waals surface area contributed by atoms with Gasteiger partial charge < -0.3 is 10.1 Å². The maximum atomic E-state index is 12.9. The number of hydrogen-bond acceptors (Lipinski definition) is 6. The summed E-state index contributed by atoms with van der Waals surface area (Å²) < 4.78 is 6.46. The largest absolute Gasteiger partial charge is 0.461 e. The first-order chi connectivity index (χ1) is 14.2. The van der Waals surface area contributed by atoms with Crippen LogP contribution in [0.2, 0.25) is 0 Å². The second-order valence-corrected chi connectivity index (χ2v) is 8.39. The van der Waals surface area contributed by atoms with Crippen molar-refractivity contribution in [2.24, 2.45) is 0 Å². The highest BCUT2D eigenvalue weighted by atomic mass is 32.1. The van der Waals surface area contributed by atoms with Crippen LogP contribution in [0, 0.1) is 20.8 Å². The van der Waals surface area contributed by atoms with E-state index in [1.165, 1.54) is 10.9 Å². The molecule has 7 nitrogen and oxygen atoms in total. The van der Waals surface area contributed by atoms with E-state index in [2.05, 4.69) is 10.3 Å². The molecule has 0 fully saturated rings. The number of fused-ring (bicyclic) bond motifs is 1. The monoisotopic (exact) mass is 427 g/mol. The predicted molar refractivity (Wildman–Crippen MR) is 118 cm³/mol. The quantitative estimate of drug-likeness (QED) is 0.601. The van der Waals surface area contributed by atoms with Gasteiger partial charge in [0.15, 0.2) is 0 Å². The third-order valence-electron chi connectivity index (χ3n) is 4.96. The highest BCUT2D eigenvalue weighted by Gasteiger charge is 2.21. The molecule has 3 aromatic rings. The molecule has 8 heteroatoms. The van der Waals surface area contributed by atoms with Crippen molar-refractivity contribution in [2.75, 3.05) is 5.32 Å². The number of hydrogen-bond donors (Lipinski definition) is 1. The molecule has 0 aliphatic heterocycles. The van der Waals surface area contributed by atoms with Gasteiger partial charge in [-0.15, -0.1) is 11.3 Å². The van der Waals surface area contributed by atoms with Crippen LogP contribution in [0.15, 0.2) is 29.3 Å². The standard InChI is InChI=1S/C22H25N3O4S/c1-6-14(4)29-17(26)10-25-11-23-21-18(22(25)28)15(5)19(30-21)20(27)24-16-8-7-12(2)9-13(16)3/h7-9,11,14H,6,10H2,1-5H3,(H,24,27)/t14-/m0/s1. The van der Waals surface area contributed by atoms with E-state index in [-0.39, 0.29) is 24.1 Å². The number of amides is 1. The Labute approximate surface area is 178 Å². The van der Waals surface area contributed by atoms with Crippen molar-refractivity contribution < 1.29 is 14.3 Å². The molecule has 0 saturated carbocycles. The van der Waals surface area contributed by atoms with E-state index < -0.39 is 5.97 Å². The Balaban J connectivity index is 1.90. The number of esters is 1. The summed E-state index contributed by atoms with van der Waals surface area (Å²) in [5.74, 6) is -0.780. The van der Waals surface area contributed by atoms with Gasteiger partial charge in [0, 0.05) is 5.69 Å². The highest BCUT2D eigenvalue weighted by Crippen LogP contribution is 2.28. The lowest BCUT2D eigenvalue weighted by Crippen LogP contribution is -2.27. The number of ether oxygens (including phenoxy) is 1. The minimum absolute atomic E-state index is 0.215. The van der Waals surface area contributed by atoms with Crippen molar-refractivity contribution >= 4 is 39.1 Å². The van der Waals surface area contributed by atoms with Gasteiger partial charge in [0.2, 0.25) is 0 Å². The van der Waals surface area contributed by atoms with Gasteiger partial charge in [-0.05, 0) is 51.3 Å². The van der Waals surface area contributed by atoms with Crippen molar-refractivity contribution in [3.05, 3.63) is 56.4 Å². The Morgan fingerprint density at radius 3 is 2.67 bits per heavy atom. The van der Waals surface area contributed by atoms with Crippen molar-refractivity contribution in [3.8, 4) is 0 Å². The first kappa shape index (κ1) is 21.7. The topological polar surface area (TPSA) is 90.3 Å². The van der Waals surface area contributed by atoms with Crippen LogP contribution in [0.1, 0.15) is 46.6 Å². The number of rotatable bonds is 6. The van der Waals surface area contributed by atoms with Crippen molar-refractivity contribution in [1.29, 1.82) is 0 Å². The first-order valence-electron chi connectivity index (χ1n) is 9.77. The van der Waals surface area contributed by atoms with Crippen LogP contribution in [-0.2, 0) is 16.1 Å². The molecule has 3 rings (SSSR count). The van der Waals surface area contributed by atoms with Crippen molar-refractivity contribution in [3.63, 3.8) is 0 Å². The molecule has 30 heavy (non-hydrogen) atoms. The first-order valence-corrected chi connectivity index (χ1v) is 10.6. The summed E-state index contributed by atoms with van der Waals surface area (Å²) in [5.41, 5.74) is 2.99.